The summed E-state index contributed by atoms with van der Waals surface area (Å²) in [7, 11) is 0. The minimum atomic E-state index is -1.70. The lowest BCUT2D eigenvalue weighted by molar-refractivity contribution is -0.166. The Labute approximate surface area is 185 Å². The van der Waals surface area contributed by atoms with Gasteiger partial charge in [0.2, 0.25) is 11.8 Å². The van der Waals surface area contributed by atoms with Crippen molar-refractivity contribution in [3.8, 4) is 0 Å². The number of imidazole rings is 1. The van der Waals surface area contributed by atoms with Crippen LogP contribution in [0.5, 0.6) is 0 Å². The molecule has 0 radical (unpaired) electrons. The lowest BCUT2D eigenvalue weighted by atomic mass is 10.1. The minimum Gasteiger partial charge on any atom is -0.480 e. The number of hydrogen-bond donors (Lipinski definition) is 1. The zero-order valence-electron chi connectivity index (χ0n) is 18.9. The number of carboxylic acid groups (broad SMARTS) is 1. The maximum absolute atomic E-state index is 12.8. The molecule has 12 heteroatoms. The Hall–Kier alpha value is -3.44. The average molecular weight is 452 g/mol. The fourth-order valence-electron chi connectivity index (χ4n) is 2.82. The van der Waals surface area contributed by atoms with Gasteiger partial charge in [-0.3, -0.25) is 9.59 Å². The summed E-state index contributed by atoms with van der Waals surface area (Å²) in [5, 5.41) is 10.9. The average Bonchev–Trinajstić information content (AvgIpc) is 3.19. The van der Waals surface area contributed by atoms with Crippen molar-refractivity contribution in [1.29, 1.82) is 0 Å². The van der Waals surface area contributed by atoms with Gasteiger partial charge in [0.1, 0.15) is 17.5 Å². The number of imide groups is 1. The number of aliphatic carboxylic acids is 1. The Morgan fingerprint density at radius 2 is 1.59 bits per heavy atom. The van der Waals surface area contributed by atoms with Crippen molar-refractivity contribution in [3.63, 3.8) is 0 Å². The maximum Gasteiger partial charge on any atom is 0.430 e. The molecular formula is C20H28N4O8. The molecule has 1 atom stereocenters. The largest absolute Gasteiger partial charge is 0.480 e. The molecule has 1 aromatic heterocycles. The maximum atomic E-state index is 12.8. The van der Waals surface area contributed by atoms with Crippen molar-refractivity contribution >= 4 is 30.0 Å². The van der Waals surface area contributed by atoms with E-state index >= 15 is 0 Å². The van der Waals surface area contributed by atoms with Gasteiger partial charge in [-0.25, -0.2) is 23.9 Å². The molecule has 0 unspecified atom stereocenters. The van der Waals surface area contributed by atoms with Gasteiger partial charge in [-0.05, 0) is 41.5 Å². The van der Waals surface area contributed by atoms with Gasteiger partial charge in [0.15, 0.2) is 6.04 Å². The number of amides is 3. The number of rotatable bonds is 5. The third-order valence-corrected chi connectivity index (χ3v) is 4.04. The summed E-state index contributed by atoms with van der Waals surface area (Å²) < 4.78 is 11.5. The van der Waals surface area contributed by atoms with E-state index in [-0.39, 0.29) is 18.5 Å². The Morgan fingerprint density at radius 3 is 2.06 bits per heavy atom. The third-order valence-electron chi connectivity index (χ3n) is 4.04. The van der Waals surface area contributed by atoms with E-state index in [1.54, 1.807) is 41.5 Å². The first-order chi connectivity index (χ1) is 14.6. The number of carbonyl (C=O) groups is 5. The molecule has 32 heavy (non-hydrogen) atoms. The van der Waals surface area contributed by atoms with E-state index in [2.05, 4.69) is 4.98 Å². The molecule has 12 nitrogen and oxygen atoms in total. The quantitative estimate of drug-likeness (QED) is 0.662. The van der Waals surface area contributed by atoms with Gasteiger partial charge in [-0.2, -0.15) is 10.0 Å². The molecule has 1 aromatic rings. The number of nitrogens with zero attached hydrogens (tertiary/aromatic N) is 4. The van der Waals surface area contributed by atoms with Crippen molar-refractivity contribution in [2.75, 3.05) is 0 Å². The summed E-state index contributed by atoms with van der Waals surface area (Å²) in [6, 6.07) is -1.70. The van der Waals surface area contributed by atoms with Crippen LogP contribution in [0.1, 0.15) is 60.1 Å². The van der Waals surface area contributed by atoms with Gasteiger partial charge in [0.25, 0.3) is 0 Å². The Balaban J connectivity index is 2.36. The highest BCUT2D eigenvalue weighted by molar-refractivity contribution is 6.03. The van der Waals surface area contributed by atoms with E-state index in [4.69, 9.17) is 9.47 Å². The number of hydrogen-bond acceptors (Lipinski definition) is 8. The normalized spacial score (nSPS) is 15.5. The molecule has 0 spiro atoms. The van der Waals surface area contributed by atoms with E-state index in [1.807, 2.05) is 0 Å². The van der Waals surface area contributed by atoms with Crippen molar-refractivity contribution in [2.24, 2.45) is 0 Å². The molecule has 1 aliphatic rings. The van der Waals surface area contributed by atoms with Crippen LogP contribution in [0, 0.1) is 0 Å². The summed E-state index contributed by atoms with van der Waals surface area (Å²) >= 11 is 0. The number of carbonyl (C=O) groups excluding carboxylic acids is 4. The first-order valence-electron chi connectivity index (χ1n) is 9.96. The van der Waals surface area contributed by atoms with Gasteiger partial charge in [0.05, 0.1) is 5.69 Å². The Kier molecular flexibility index (Phi) is 6.96. The fraction of sp³-hybridized carbons (Fsp3) is 0.600. The van der Waals surface area contributed by atoms with Crippen molar-refractivity contribution in [2.45, 2.75) is 78.0 Å². The molecule has 1 aliphatic heterocycles. The van der Waals surface area contributed by atoms with E-state index in [9.17, 15) is 29.1 Å². The molecule has 0 aliphatic carbocycles. The number of aromatic nitrogens is 2. The molecule has 0 aromatic carbocycles. The monoisotopic (exact) mass is 452 g/mol. The van der Waals surface area contributed by atoms with Crippen LogP contribution in [0.4, 0.5) is 9.59 Å². The molecule has 176 valence electrons. The van der Waals surface area contributed by atoms with Crippen molar-refractivity contribution in [1.82, 2.24) is 19.6 Å². The fourth-order valence-corrected chi connectivity index (χ4v) is 2.82. The van der Waals surface area contributed by atoms with Crippen molar-refractivity contribution < 1.29 is 38.6 Å². The van der Waals surface area contributed by atoms with Gasteiger partial charge in [0, 0.05) is 25.5 Å². The molecule has 2 rings (SSSR count). The van der Waals surface area contributed by atoms with Gasteiger partial charge in [-0.15, -0.1) is 0 Å². The zero-order chi connectivity index (χ0) is 24.4. The predicted octanol–water partition coefficient (Wildman–Crippen LogP) is 1.96. The molecule has 2 heterocycles. The number of carboxylic acids is 1. The van der Waals surface area contributed by atoms with Crippen LogP contribution in [0.3, 0.4) is 0 Å². The van der Waals surface area contributed by atoms with Crippen molar-refractivity contribution in [3.05, 3.63) is 18.2 Å². The smallest absolute Gasteiger partial charge is 0.430 e. The minimum absolute atomic E-state index is 0.121. The number of ether oxygens (including phenoxy) is 2. The molecular weight excluding hydrogens is 424 g/mol. The SMILES string of the molecule is CC(C)(C)OC(=O)N([C@@H](Cc1cn(C(=O)OC(C)(C)C)cn1)C(=O)O)N1C(=O)CCC1=O. The highest BCUT2D eigenvalue weighted by Gasteiger charge is 2.45. The van der Waals surface area contributed by atoms with E-state index in [0.717, 1.165) is 10.9 Å². The van der Waals surface area contributed by atoms with Gasteiger partial charge < -0.3 is 14.6 Å². The molecule has 0 saturated carbocycles. The van der Waals surface area contributed by atoms with Crippen LogP contribution in [0.15, 0.2) is 12.5 Å². The summed E-state index contributed by atoms with van der Waals surface area (Å²) in [5.41, 5.74) is -1.65. The topological polar surface area (TPSA) is 148 Å². The summed E-state index contributed by atoms with van der Waals surface area (Å²) in [4.78, 5) is 65.7. The zero-order valence-corrected chi connectivity index (χ0v) is 18.9. The third kappa shape index (κ3) is 6.28. The van der Waals surface area contributed by atoms with E-state index < -0.39 is 53.6 Å². The molecule has 1 N–H and O–H groups in total. The Morgan fingerprint density at radius 1 is 1.06 bits per heavy atom. The van der Waals surface area contributed by atoms with Crippen LogP contribution in [-0.4, -0.2) is 71.9 Å². The second-order valence-electron chi connectivity index (χ2n) is 9.23. The van der Waals surface area contributed by atoms with E-state index in [0.29, 0.717) is 10.0 Å². The lowest BCUT2D eigenvalue weighted by Crippen LogP contribution is -2.58. The standard InChI is InChI=1S/C20H28N4O8/c1-19(2,3)31-17(29)22-10-12(21-11-22)9-13(16(27)28)23(18(30)32-20(4,5)6)24-14(25)7-8-15(24)26/h10-11,13H,7-9H2,1-6H3,(H,27,28)/t13-/m0/s1. The van der Waals surface area contributed by atoms with Crippen LogP contribution in [-0.2, 0) is 30.3 Å². The highest BCUT2D eigenvalue weighted by Crippen LogP contribution is 2.23. The van der Waals surface area contributed by atoms with E-state index in [1.165, 1.54) is 6.20 Å². The number of hydrazine groups is 1. The second-order valence-corrected chi connectivity index (χ2v) is 9.23. The van der Waals surface area contributed by atoms with Crippen LogP contribution < -0.4 is 0 Å². The predicted molar refractivity (Wildman–Crippen MR) is 108 cm³/mol. The summed E-state index contributed by atoms with van der Waals surface area (Å²) in [5.74, 6) is -2.92. The Bertz CT molecular complexity index is 909. The van der Waals surface area contributed by atoms with Crippen LogP contribution in [0.25, 0.3) is 0 Å². The molecule has 1 saturated heterocycles. The highest BCUT2D eigenvalue weighted by atomic mass is 16.6. The second kappa shape index (κ2) is 8.97. The van der Waals surface area contributed by atoms with Gasteiger partial charge >= 0.3 is 18.2 Å². The molecule has 1 fully saturated rings. The molecule has 0 bridgehead atoms. The van der Waals surface area contributed by atoms with Gasteiger partial charge in [-0.1, -0.05) is 0 Å². The first-order valence-corrected chi connectivity index (χ1v) is 9.96. The van der Waals surface area contributed by atoms with Crippen LogP contribution >= 0.6 is 0 Å². The first kappa shape index (κ1) is 24.8. The van der Waals surface area contributed by atoms with Crippen LogP contribution in [0.2, 0.25) is 0 Å². The molecule has 3 amide bonds. The lowest BCUT2D eigenvalue weighted by Gasteiger charge is -2.35. The summed E-state index contributed by atoms with van der Waals surface area (Å²) in [6.07, 6.45) is -0.203. The summed E-state index contributed by atoms with van der Waals surface area (Å²) in [6.45, 7) is 9.75.